The Bertz CT molecular complexity index is 475. The maximum atomic E-state index is 13.4. The molecule has 0 saturated carbocycles. The number of benzene rings is 1. The van der Waals surface area contributed by atoms with Crippen LogP contribution in [0.5, 0.6) is 0 Å². The summed E-state index contributed by atoms with van der Waals surface area (Å²) >= 11 is 0. The summed E-state index contributed by atoms with van der Waals surface area (Å²) < 4.78 is 52.4. The number of nitrogens with one attached hydrogen (secondary N) is 1. The Labute approximate surface area is 110 Å². The Morgan fingerprint density at radius 1 is 1.32 bits per heavy atom. The molecule has 19 heavy (non-hydrogen) atoms. The Hall–Kier alpha value is -1.52. The van der Waals surface area contributed by atoms with Crippen LogP contribution in [0.25, 0.3) is 5.57 Å². The van der Waals surface area contributed by atoms with E-state index in [1.165, 1.54) is 0 Å². The van der Waals surface area contributed by atoms with E-state index in [0.29, 0.717) is 18.1 Å². The Kier molecular flexibility index (Phi) is 4.61. The monoisotopic (exact) mass is 275 g/mol. The van der Waals surface area contributed by atoms with Crippen LogP contribution in [-0.4, -0.2) is 6.04 Å². The molecule has 0 unspecified atom stereocenters. The molecule has 1 nitrogen and oxygen atoms in total. The van der Waals surface area contributed by atoms with Gasteiger partial charge in [0.15, 0.2) is 0 Å². The van der Waals surface area contributed by atoms with E-state index < -0.39 is 17.6 Å². The van der Waals surface area contributed by atoms with Crippen LogP contribution >= 0.6 is 0 Å². The average molecular weight is 275 g/mol. The van der Waals surface area contributed by atoms with Gasteiger partial charge in [0, 0.05) is 11.6 Å². The van der Waals surface area contributed by atoms with Crippen molar-refractivity contribution in [3.63, 3.8) is 0 Å². The molecule has 0 aromatic heterocycles. The summed E-state index contributed by atoms with van der Waals surface area (Å²) in [4.78, 5) is 0. The van der Waals surface area contributed by atoms with Crippen molar-refractivity contribution >= 4 is 11.3 Å². The highest BCUT2D eigenvalue weighted by molar-refractivity contribution is 5.78. The van der Waals surface area contributed by atoms with E-state index in [2.05, 4.69) is 11.9 Å². The van der Waals surface area contributed by atoms with Gasteiger partial charge >= 0.3 is 6.18 Å². The Balaban J connectivity index is 3.53. The van der Waals surface area contributed by atoms with Crippen molar-refractivity contribution in [3.8, 4) is 0 Å². The van der Waals surface area contributed by atoms with Crippen molar-refractivity contribution in [1.29, 1.82) is 0 Å². The lowest BCUT2D eigenvalue weighted by atomic mass is 9.98. The smallest absolute Gasteiger partial charge is 0.382 e. The first-order valence-electron chi connectivity index (χ1n) is 6.02. The zero-order chi connectivity index (χ0) is 14.8. The summed E-state index contributed by atoms with van der Waals surface area (Å²) in [5.41, 5.74) is -0.446. The van der Waals surface area contributed by atoms with Gasteiger partial charge in [-0.25, -0.2) is 4.39 Å². The van der Waals surface area contributed by atoms with Crippen LogP contribution in [0.15, 0.2) is 18.7 Å². The SMILES string of the molecule is C=C(CC)c1cc(F)cc(C(F)(F)F)c1NC(C)C. The van der Waals surface area contributed by atoms with Crippen molar-refractivity contribution in [2.45, 2.75) is 39.4 Å². The summed E-state index contributed by atoms with van der Waals surface area (Å²) in [6, 6.07) is 1.40. The Morgan fingerprint density at radius 2 is 1.89 bits per heavy atom. The van der Waals surface area contributed by atoms with Crippen molar-refractivity contribution in [3.05, 3.63) is 35.7 Å². The molecule has 0 spiro atoms. The van der Waals surface area contributed by atoms with Crippen molar-refractivity contribution in [2.24, 2.45) is 0 Å². The molecule has 0 heterocycles. The van der Waals surface area contributed by atoms with Gasteiger partial charge in [0.1, 0.15) is 5.82 Å². The van der Waals surface area contributed by atoms with Crippen molar-refractivity contribution in [2.75, 3.05) is 5.32 Å². The topological polar surface area (TPSA) is 12.0 Å². The molecular formula is C14H17F4N. The number of rotatable bonds is 4. The van der Waals surface area contributed by atoms with Gasteiger partial charge in [-0.3, -0.25) is 0 Å². The van der Waals surface area contributed by atoms with E-state index in [4.69, 9.17) is 0 Å². The lowest BCUT2D eigenvalue weighted by molar-refractivity contribution is -0.137. The van der Waals surface area contributed by atoms with Crippen molar-refractivity contribution < 1.29 is 17.6 Å². The molecule has 0 fully saturated rings. The van der Waals surface area contributed by atoms with Crippen LogP contribution in [0.2, 0.25) is 0 Å². The van der Waals surface area contributed by atoms with Gasteiger partial charge in [0.2, 0.25) is 0 Å². The van der Waals surface area contributed by atoms with E-state index in [1.807, 2.05) is 0 Å². The molecule has 0 aliphatic heterocycles. The number of anilines is 1. The standard InChI is InChI=1S/C14H17F4N/c1-5-9(4)11-6-10(15)7-12(14(16,17)18)13(11)19-8(2)3/h6-8,19H,4-5H2,1-3H3. The molecule has 0 bridgehead atoms. The second kappa shape index (κ2) is 5.63. The lowest BCUT2D eigenvalue weighted by Crippen LogP contribution is -2.18. The van der Waals surface area contributed by atoms with Gasteiger partial charge in [-0.2, -0.15) is 13.2 Å². The minimum absolute atomic E-state index is 0.101. The number of hydrogen-bond donors (Lipinski definition) is 1. The quantitative estimate of drug-likeness (QED) is 0.755. The molecule has 1 aromatic rings. The molecule has 1 aromatic carbocycles. The van der Waals surface area contributed by atoms with E-state index in [0.717, 1.165) is 6.07 Å². The molecule has 0 saturated heterocycles. The summed E-state index contributed by atoms with van der Waals surface area (Å²) in [6.45, 7) is 8.91. The highest BCUT2D eigenvalue weighted by atomic mass is 19.4. The van der Waals surface area contributed by atoms with Gasteiger partial charge in [0.25, 0.3) is 0 Å². The summed E-state index contributed by atoms with van der Waals surface area (Å²) in [6.07, 6.45) is -4.16. The van der Waals surface area contributed by atoms with Gasteiger partial charge in [-0.05, 0) is 38.0 Å². The lowest BCUT2D eigenvalue weighted by Gasteiger charge is -2.21. The van der Waals surface area contributed by atoms with Crippen LogP contribution < -0.4 is 5.32 Å². The fourth-order valence-electron chi connectivity index (χ4n) is 1.74. The molecule has 0 aliphatic rings. The van der Waals surface area contributed by atoms with Gasteiger partial charge in [-0.1, -0.05) is 13.5 Å². The van der Waals surface area contributed by atoms with Gasteiger partial charge < -0.3 is 5.32 Å². The predicted octanol–water partition coefficient (Wildman–Crippen LogP) is 5.09. The van der Waals surface area contributed by atoms with Crippen molar-refractivity contribution in [1.82, 2.24) is 0 Å². The minimum Gasteiger partial charge on any atom is -0.382 e. The Morgan fingerprint density at radius 3 is 2.32 bits per heavy atom. The highest BCUT2D eigenvalue weighted by Gasteiger charge is 2.35. The highest BCUT2D eigenvalue weighted by Crippen LogP contribution is 2.40. The van der Waals surface area contributed by atoms with Crippen LogP contribution in [-0.2, 0) is 6.18 Å². The molecular weight excluding hydrogens is 258 g/mol. The van der Waals surface area contributed by atoms with Crippen LogP contribution in [0.4, 0.5) is 23.2 Å². The predicted molar refractivity (Wildman–Crippen MR) is 69.5 cm³/mol. The molecule has 5 heteroatoms. The first kappa shape index (κ1) is 15.5. The van der Waals surface area contributed by atoms with Gasteiger partial charge in [-0.15, -0.1) is 0 Å². The third-order valence-corrected chi connectivity index (χ3v) is 2.65. The van der Waals surface area contributed by atoms with Crippen LogP contribution in [0.1, 0.15) is 38.3 Å². The first-order chi connectivity index (χ1) is 8.66. The summed E-state index contributed by atoms with van der Waals surface area (Å²) in [5.74, 6) is -0.911. The van der Waals surface area contributed by atoms with Crippen LogP contribution in [0, 0.1) is 5.82 Å². The largest absolute Gasteiger partial charge is 0.418 e. The van der Waals surface area contributed by atoms with E-state index >= 15 is 0 Å². The molecule has 1 rings (SSSR count). The zero-order valence-electron chi connectivity index (χ0n) is 11.2. The van der Waals surface area contributed by atoms with Gasteiger partial charge in [0.05, 0.1) is 11.3 Å². The molecule has 0 radical (unpaired) electrons. The zero-order valence-corrected chi connectivity index (χ0v) is 11.2. The van der Waals surface area contributed by atoms with E-state index in [-0.39, 0.29) is 17.3 Å². The maximum absolute atomic E-state index is 13.4. The minimum atomic E-state index is -4.61. The normalized spacial score (nSPS) is 11.8. The van der Waals surface area contributed by atoms with Crippen LogP contribution in [0.3, 0.4) is 0 Å². The molecule has 1 N–H and O–H groups in total. The second-order valence-electron chi connectivity index (χ2n) is 4.63. The molecule has 0 atom stereocenters. The molecule has 0 amide bonds. The third-order valence-electron chi connectivity index (χ3n) is 2.65. The summed E-state index contributed by atoms with van der Waals surface area (Å²) in [5, 5.41) is 2.74. The fraction of sp³-hybridized carbons (Fsp3) is 0.429. The summed E-state index contributed by atoms with van der Waals surface area (Å²) in [7, 11) is 0. The maximum Gasteiger partial charge on any atom is 0.418 e. The molecule has 0 aliphatic carbocycles. The number of alkyl halides is 3. The second-order valence-corrected chi connectivity index (χ2v) is 4.63. The van der Waals surface area contributed by atoms with E-state index in [1.54, 1.807) is 20.8 Å². The average Bonchev–Trinajstić information content (AvgIpc) is 2.27. The fourth-order valence-corrected chi connectivity index (χ4v) is 1.74. The van der Waals surface area contributed by atoms with E-state index in [9.17, 15) is 17.6 Å². The molecule has 106 valence electrons. The number of halogens is 4. The third kappa shape index (κ3) is 3.72. The number of hydrogen-bond acceptors (Lipinski definition) is 1. The first-order valence-corrected chi connectivity index (χ1v) is 6.02. The number of allylic oxidation sites excluding steroid dienone is 1.